The van der Waals surface area contributed by atoms with Crippen molar-refractivity contribution >= 4 is 26.2 Å². The largest absolute Gasteiger partial charge is 1.00 e. The molecule has 0 aromatic heterocycles. The molecule has 2 fully saturated rings. The molecular weight excluding hydrogens is 422 g/mol. The van der Waals surface area contributed by atoms with Crippen molar-refractivity contribution in [3.8, 4) is 0 Å². The maximum absolute atomic E-state index is 11.9. The van der Waals surface area contributed by atoms with Crippen LogP contribution in [0.2, 0.25) is 11.6 Å². The first-order chi connectivity index (χ1) is 10.6. The molecule has 0 aromatic rings. The molecule has 2 aliphatic rings. The molecule has 0 spiro atoms. The van der Waals surface area contributed by atoms with Gasteiger partial charge in [0.05, 0.1) is 13.2 Å². The van der Waals surface area contributed by atoms with E-state index >= 15 is 0 Å². The summed E-state index contributed by atoms with van der Waals surface area (Å²) in [5.74, 6) is -4.63. The van der Waals surface area contributed by atoms with Crippen LogP contribution in [0.25, 0.3) is 0 Å². The van der Waals surface area contributed by atoms with E-state index in [2.05, 4.69) is 9.47 Å². The molecule has 0 radical (unpaired) electrons. The maximum Gasteiger partial charge on any atom is 1.00 e. The summed E-state index contributed by atoms with van der Waals surface area (Å²) >= 11 is 0. The van der Waals surface area contributed by atoms with Crippen LogP contribution in [0.5, 0.6) is 0 Å². The fraction of sp³-hybridized carbons (Fsp3) is 0.833. The van der Waals surface area contributed by atoms with E-state index in [1.807, 2.05) is 0 Å². The number of rotatable bonds is 6. The van der Waals surface area contributed by atoms with Gasteiger partial charge in [-0.1, -0.05) is 24.5 Å². The zero-order valence-corrected chi connectivity index (χ0v) is 21.6. The van der Waals surface area contributed by atoms with Crippen molar-refractivity contribution < 1.29 is 148 Å². The van der Waals surface area contributed by atoms with Gasteiger partial charge in [0.1, 0.15) is 0 Å². The molecular formula is C12H20B2F6K2O4. The van der Waals surface area contributed by atoms with E-state index in [0.717, 1.165) is 0 Å². The van der Waals surface area contributed by atoms with E-state index in [1.165, 1.54) is 0 Å². The first-order valence-electron chi connectivity index (χ1n) is 7.62. The Morgan fingerprint density at radius 1 is 0.962 bits per heavy atom. The second kappa shape index (κ2) is 14.8. The maximum atomic E-state index is 11.9. The summed E-state index contributed by atoms with van der Waals surface area (Å²) in [6.45, 7) is -1.17. The van der Waals surface area contributed by atoms with Gasteiger partial charge in [0.25, 0.3) is 7.27 Å². The Balaban J connectivity index is -0.000000366. The average Bonchev–Trinajstić information content (AvgIpc) is 3.30. The van der Waals surface area contributed by atoms with Crippen LogP contribution >= 0.6 is 0 Å². The Hall–Kier alpha value is 1.92. The minimum atomic E-state index is -4.84. The summed E-state index contributed by atoms with van der Waals surface area (Å²) in [7, 11) is -3.09. The third kappa shape index (κ3) is 11.2. The van der Waals surface area contributed by atoms with Crippen molar-refractivity contribution in [3.63, 3.8) is 0 Å². The van der Waals surface area contributed by atoms with Crippen molar-refractivity contribution in [2.24, 2.45) is 11.8 Å². The molecule has 26 heavy (non-hydrogen) atoms. The van der Waals surface area contributed by atoms with Crippen molar-refractivity contribution in [1.29, 1.82) is 0 Å². The number of halogens is 6. The number of hydrogen-bond donors (Lipinski definition) is 0. The van der Waals surface area contributed by atoms with Gasteiger partial charge in [-0.15, -0.1) is 0 Å². The van der Waals surface area contributed by atoms with E-state index in [4.69, 9.17) is 0 Å². The fourth-order valence-electron chi connectivity index (χ4n) is 2.28. The summed E-state index contributed by atoms with van der Waals surface area (Å²) in [6.07, 6.45) is 0.244. The molecule has 1 unspecified atom stereocenters. The SMILES string of the molecule is CCOC(=O)[C@@H]1CC1[BH-](F)F.CCOC(=O)[C@H]1C[C@@H]1[B-](F)(F)F.F.[K+].[K+]. The molecule has 0 aliphatic heterocycles. The third-order valence-corrected chi connectivity index (χ3v) is 3.82. The fourth-order valence-corrected chi connectivity index (χ4v) is 2.28. The number of esters is 2. The molecule has 4 nitrogen and oxygen atoms in total. The molecule has 4 atom stereocenters. The third-order valence-electron chi connectivity index (χ3n) is 3.82. The predicted octanol–water partition coefficient (Wildman–Crippen LogP) is -2.95. The monoisotopic (exact) mass is 442 g/mol. The smallest absolute Gasteiger partial charge is 0.481 e. The van der Waals surface area contributed by atoms with Gasteiger partial charge >= 0.3 is 122 Å². The summed E-state index contributed by atoms with van der Waals surface area (Å²) in [4.78, 5) is 21.5. The normalized spacial score (nSPS) is 25.2. The van der Waals surface area contributed by atoms with Crippen LogP contribution in [0.4, 0.5) is 26.3 Å². The van der Waals surface area contributed by atoms with Crippen LogP contribution < -0.4 is 103 Å². The molecule has 0 amide bonds. The topological polar surface area (TPSA) is 52.6 Å². The Kier molecular flexibility index (Phi) is 18.6. The van der Waals surface area contributed by atoms with Gasteiger partial charge < -0.3 is 31.1 Å². The predicted molar refractivity (Wildman–Crippen MR) is 77.9 cm³/mol. The molecule has 2 saturated carbocycles. The van der Waals surface area contributed by atoms with E-state index in [-0.39, 0.29) is 127 Å². The van der Waals surface area contributed by atoms with E-state index in [1.54, 1.807) is 13.8 Å². The first-order valence-corrected chi connectivity index (χ1v) is 7.62. The van der Waals surface area contributed by atoms with Gasteiger partial charge in [-0.3, -0.25) is 14.3 Å². The first kappa shape index (κ1) is 32.6. The van der Waals surface area contributed by atoms with Crippen LogP contribution in [0, 0.1) is 11.8 Å². The molecule has 14 heteroatoms. The Bertz CT molecular complexity index is 444. The van der Waals surface area contributed by atoms with Crippen LogP contribution in [0.15, 0.2) is 0 Å². The van der Waals surface area contributed by atoms with Crippen LogP contribution in [0.1, 0.15) is 26.7 Å². The summed E-state index contributed by atoms with van der Waals surface area (Å²) in [5, 5.41) is 0. The van der Waals surface area contributed by atoms with E-state index < -0.39 is 49.7 Å². The van der Waals surface area contributed by atoms with Gasteiger partial charge in [-0.2, -0.15) is 0 Å². The van der Waals surface area contributed by atoms with Crippen molar-refractivity contribution in [3.05, 3.63) is 0 Å². The Morgan fingerprint density at radius 2 is 1.38 bits per heavy atom. The summed E-state index contributed by atoms with van der Waals surface area (Å²) < 4.78 is 68.8. The quantitative estimate of drug-likeness (QED) is 0.251. The van der Waals surface area contributed by atoms with Gasteiger partial charge in [0.15, 0.2) is 0 Å². The molecule has 0 N–H and O–H groups in total. The van der Waals surface area contributed by atoms with Gasteiger partial charge in [0, 0.05) is 11.8 Å². The number of carbonyl (C=O) groups is 2. The van der Waals surface area contributed by atoms with E-state index in [9.17, 15) is 31.2 Å². The van der Waals surface area contributed by atoms with Crippen LogP contribution in [-0.2, 0) is 19.1 Å². The van der Waals surface area contributed by atoms with Crippen molar-refractivity contribution in [2.75, 3.05) is 13.2 Å². The molecule has 0 heterocycles. The summed E-state index contributed by atoms with van der Waals surface area (Å²) in [6, 6.07) is 0. The second-order valence-electron chi connectivity index (χ2n) is 5.65. The van der Waals surface area contributed by atoms with Gasteiger partial charge in [0.2, 0.25) is 0 Å². The molecule has 0 saturated heterocycles. The second-order valence-corrected chi connectivity index (χ2v) is 5.65. The van der Waals surface area contributed by atoms with Gasteiger partial charge in [-0.05, 0) is 13.8 Å². The Morgan fingerprint density at radius 3 is 1.65 bits per heavy atom. The number of hydrogen-bond acceptors (Lipinski definition) is 4. The minimum Gasteiger partial charge on any atom is -0.481 e. The number of ether oxygens (including phenoxy) is 2. The van der Waals surface area contributed by atoms with Crippen LogP contribution in [0.3, 0.4) is 0 Å². The van der Waals surface area contributed by atoms with Crippen molar-refractivity contribution in [2.45, 2.75) is 38.3 Å². The molecule has 0 aromatic carbocycles. The minimum absolute atomic E-state index is 0. The summed E-state index contributed by atoms with van der Waals surface area (Å²) in [5.41, 5.74) is 0. The molecule has 0 bridgehead atoms. The standard InChI is InChI=1S/C6H9BF3O2.C6H10BF2O2.FH.2K/c1-2-12-6(11)4-3-5(4)7(8,9)10;1-2-11-6(10)4-3-5(4)7(8)9;;;/h4-5H,2-3H2,1H3;4-5,7H,2-3H2,1H3;1H;;/q2*-1;;2*+1/t4-,5-;4-,5?;;;/m01.../s1. The van der Waals surface area contributed by atoms with E-state index in [0.29, 0.717) is 6.42 Å². The zero-order valence-electron chi connectivity index (χ0n) is 15.4. The van der Waals surface area contributed by atoms with Crippen LogP contribution in [-0.4, -0.2) is 39.4 Å². The zero-order chi connectivity index (χ0) is 17.8. The number of carbonyl (C=O) groups excluding carboxylic acids is 2. The Labute approximate surface area is 233 Å². The molecule has 2 rings (SSSR count). The average molecular weight is 442 g/mol. The molecule has 2 aliphatic carbocycles. The van der Waals surface area contributed by atoms with Crippen molar-refractivity contribution in [1.82, 2.24) is 0 Å². The van der Waals surface area contributed by atoms with Gasteiger partial charge in [-0.25, -0.2) is 0 Å². The molecule has 142 valence electrons.